The number of hydrogen-bond donors (Lipinski definition) is 1. The van der Waals surface area contributed by atoms with Crippen LogP contribution in [0.25, 0.3) is 0 Å². The fourth-order valence-electron chi connectivity index (χ4n) is 1.60. The highest BCUT2D eigenvalue weighted by molar-refractivity contribution is 6.35. The van der Waals surface area contributed by atoms with E-state index in [-0.39, 0.29) is 29.2 Å². The third-order valence-electron chi connectivity index (χ3n) is 2.64. The molecule has 0 bridgehead atoms. The first-order chi connectivity index (χ1) is 9.34. The van der Waals surface area contributed by atoms with Gasteiger partial charge in [0.2, 0.25) is 0 Å². The molecule has 108 valence electrons. The molecule has 20 heavy (non-hydrogen) atoms. The number of nitro groups is 1. The van der Waals surface area contributed by atoms with E-state index in [0.29, 0.717) is 6.42 Å². The SMILES string of the molecule is CN(CCCC(=O)O)C(=O)c1cccc([N+](=O)[O-])c1Cl. The molecule has 0 atom stereocenters. The number of hydrogen-bond acceptors (Lipinski definition) is 4. The minimum atomic E-state index is -0.945. The van der Waals surface area contributed by atoms with Gasteiger partial charge in [-0.05, 0) is 12.5 Å². The Morgan fingerprint density at radius 2 is 2.10 bits per heavy atom. The van der Waals surface area contributed by atoms with Crippen LogP contribution in [0.4, 0.5) is 5.69 Å². The monoisotopic (exact) mass is 300 g/mol. The van der Waals surface area contributed by atoms with Crippen molar-refractivity contribution in [3.05, 3.63) is 38.9 Å². The number of nitrogens with zero attached hydrogens (tertiary/aromatic N) is 2. The number of halogens is 1. The zero-order valence-electron chi connectivity index (χ0n) is 10.7. The molecule has 0 radical (unpaired) electrons. The van der Waals surface area contributed by atoms with Crippen LogP contribution in [-0.4, -0.2) is 40.4 Å². The molecule has 0 saturated heterocycles. The number of carboxylic acids is 1. The highest BCUT2D eigenvalue weighted by Gasteiger charge is 2.22. The molecule has 0 fully saturated rings. The van der Waals surface area contributed by atoms with Crippen LogP contribution in [0.15, 0.2) is 18.2 Å². The summed E-state index contributed by atoms with van der Waals surface area (Å²) in [6.45, 7) is 0.226. The fraction of sp³-hybridized carbons (Fsp3) is 0.333. The molecule has 0 aliphatic rings. The lowest BCUT2D eigenvalue weighted by atomic mass is 10.1. The number of carbonyl (C=O) groups excluding carboxylic acids is 1. The number of aliphatic carboxylic acids is 1. The van der Waals surface area contributed by atoms with Gasteiger partial charge in [-0.1, -0.05) is 17.7 Å². The molecule has 1 aromatic rings. The van der Waals surface area contributed by atoms with Crippen LogP contribution < -0.4 is 0 Å². The molecule has 1 N–H and O–H groups in total. The number of carbonyl (C=O) groups is 2. The van der Waals surface area contributed by atoms with Gasteiger partial charge < -0.3 is 10.0 Å². The van der Waals surface area contributed by atoms with E-state index < -0.39 is 16.8 Å². The summed E-state index contributed by atoms with van der Waals surface area (Å²) in [6, 6.07) is 3.98. The quantitative estimate of drug-likeness (QED) is 0.641. The molecule has 0 unspecified atom stereocenters. The molecule has 1 rings (SSSR count). The summed E-state index contributed by atoms with van der Waals surface area (Å²) in [4.78, 5) is 33.8. The van der Waals surface area contributed by atoms with Gasteiger partial charge in [0.15, 0.2) is 0 Å². The molecule has 1 amide bonds. The summed E-state index contributed by atoms with van der Waals surface area (Å²) in [7, 11) is 1.49. The van der Waals surface area contributed by atoms with Gasteiger partial charge in [0, 0.05) is 26.1 Å². The van der Waals surface area contributed by atoms with E-state index in [2.05, 4.69) is 0 Å². The number of nitro benzene ring substituents is 1. The second-order valence-electron chi connectivity index (χ2n) is 4.12. The minimum absolute atomic E-state index is 0.0266. The van der Waals surface area contributed by atoms with Crippen molar-refractivity contribution in [1.82, 2.24) is 4.90 Å². The van der Waals surface area contributed by atoms with Crippen LogP contribution in [0.5, 0.6) is 0 Å². The summed E-state index contributed by atoms with van der Waals surface area (Å²) in [5.41, 5.74) is -0.310. The Balaban J connectivity index is 2.84. The van der Waals surface area contributed by atoms with Gasteiger partial charge in [-0.15, -0.1) is 0 Å². The summed E-state index contributed by atoms with van der Waals surface area (Å²) in [5.74, 6) is -1.43. The van der Waals surface area contributed by atoms with Crippen molar-refractivity contribution >= 4 is 29.2 Å². The Kier molecular flexibility index (Phi) is 5.45. The van der Waals surface area contributed by atoms with Gasteiger partial charge in [0.05, 0.1) is 10.5 Å². The first-order valence-corrected chi connectivity index (χ1v) is 6.12. The van der Waals surface area contributed by atoms with E-state index in [4.69, 9.17) is 16.7 Å². The predicted molar refractivity (Wildman–Crippen MR) is 71.9 cm³/mol. The third kappa shape index (κ3) is 3.92. The molecule has 0 spiro atoms. The third-order valence-corrected chi connectivity index (χ3v) is 3.03. The Labute approximate surface area is 119 Å². The van der Waals surface area contributed by atoms with Crippen LogP contribution in [0.2, 0.25) is 5.02 Å². The van der Waals surface area contributed by atoms with Crippen LogP contribution >= 0.6 is 11.6 Å². The number of benzene rings is 1. The molecule has 0 heterocycles. The lowest BCUT2D eigenvalue weighted by Gasteiger charge is -2.17. The second-order valence-corrected chi connectivity index (χ2v) is 4.50. The summed E-state index contributed by atoms with van der Waals surface area (Å²) < 4.78 is 0. The standard InChI is InChI=1S/C12H13ClN2O5/c1-14(7-3-6-10(16)17)12(18)8-4-2-5-9(11(8)13)15(19)20/h2,4-5H,3,6-7H2,1H3,(H,16,17). The van der Waals surface area contributed by atoms with Crippen LogP contribution in [0.3, 0.4) is 0 Å². The highest BCUT2D eigenvalue weighted by Crippen LogP contribution is 2.28. The second kappa shape index (κ2) is 6.85. The topological polar surface area (TPSA) is 101 Å². The van der Waals surface area contributed by atoms with E-state index in [9.17, 15) is 19.7 Å². The fourth-order valence-corrected chi connectivity index (χ4v) is 1.88. The predicted octanol–water partition coefficient (Wildman–Crippen LogP) is 2.18. The van der Waals surface area contributed by atoms with Gasteiger partial charge >= 0.3 is 5.97 Å². The van der Waals surface area contributed by atoms with Crippen molar-refractivity contribution in [2.24, 2.45) is 0 Å². The number of rotatable bonds is 6. The molecule has 0 aromatic heterocycles. The zero-order valence-corrected chi connectivity index (χ0v) is 11.5. The van der Waals surface area contributed by atoms with E-state index in [1.807, 2.05) is 0 Å². The summed E-state index contributed by atoms with van der Waals surface area (Å²) >= 11 is 5.84. The number of amides is 1. The lowest BCUT2D eigenvalue weighted by Crippen LogP contribution is -2.28. The average molecular weight is 301 g/mol. The van der Waals surface area contributed by atoms with E-state index in [1.165, 1.54) is 30.1 Å². The largest absolute Gasteiger partial charge is 0.481 e. The van der Waals surface area contributed by atoms with Crippen LogP contribution in [0, 0.1) is 10.1 Å². The van der Waals surface area contributed by atoms with Crippen molar-refractivity contribution in [3.63, 3.8) is 0 Å². The Hall–Kier alpha value is -2.15. The Morgan fingerprint density at radius 1 is 1.45 bits per heavy atom. The maximum atomic E-state index is 12.1. The van der Waals surface area contributed by atoms with Gasteiger partial charge in [0.25, 0.3) is 11.6 Å². The normalized spacial score (nSPS) is 10.1. The Morgan fingerprint density at radius 3 is 2.65 bits per heavy atom. The number of carboxylic acid groups (broad SMARTS) is 1. The van der Waals surface area contributed by atoms with Crippen molar-refractivity contribution in [2.45, 2.75) is 12.8 Å². The molecule has 8 heteroatoms. The smallest absolute Gasteiger partial charge is 0.303 e. The first kappa shape index (κ1) is 15.9. The van der Waals surface area contributed by atoms with Crippen molar-refractivity contribution in [3.8, 4) is 0 Å². The minimum Gasteiger partial charge on any atom is -0.481 e. The summed E-state index contributed by atoms with van der Waals surface area (Å²) in [5, 5.41) is 19.1. The van der Waals surface area contributed by atoms with Gasteiger partial charge in [-0.25, -0.2) is 0 Å². The lowest BCUT2D eigenvalue weighted by molar-refractivity contribution is -0.384. The average Bonchev–Trinajstić information content (AvgIpc) is 2.37. The molecular weight excluding hydrogens is 288 g/mol. The van der Waals surface area contributed by atoms with E-state index >= 15 is 0 Å². The zero-order chi connectivity index (χ0) is 15.3. The van der Waals surface area contributed by atoms with Crippen molar-refractivity contribution in [2.75, 3.05) is 13.6 Å². The van der Waals surface area contributed by atoms with Crippen LogP contribution in [-0.2, 0) is 4.79 Å². The molecule has 7 nitrogen and oxygen atoms in total. The Bertz CT molecular complexity index is 547. The first-order valence-electron chi connectivity index (χ1n) is 5.74. The highest BCUT2D eigenvalue weighted by atomic mass is 35.5. The summed E-state index contributed by atoms with van der Waals surface area (Å²) in [6.07, 6.45) is 0.240. The molecule has 1 aromatic carbocycles. The maximum absolute atomic E-state index is 12.1. The van der Waals surface area contributed by atoms with E-state index in [0.717, 1.165) is 0 Å². The van der Waals surface area contributed by atoms with E-state index in [1.54, 1.807) is 0 Å². The van der Waals surface area contributed by atoms with Crippen molar-refractivity contribution in [1.29, 1.82) is 0 Å². The van der Waals surface area contributed by atoms with Gasteiger partial charge in [-0.2, -0.15) is 0 Å². The van der Waals surface area contributed by atoms with Crippen LogP contribution in [0.1, 0.15) is 23.2 Å². The van der Waals surface area contributed by atoms with Gasteiger partial charge in [0.1, 0.15) is 5.02 Å². The molecule has 0 saturated carbocycles. The molecule has 0 aliphatic carbocycles. The molecular formula is C12H13ClN2O5. The molecule has 0 aliphatic heterocycles. The van der Waals surface area contributed by atoms with Crippen molar-refractivity contribution < 1.29 is 19.6 Å². The maximum Gasteiger partial charge on any atom is 0.303 e. The van der Waals surface area contributed by atoms with Gasteiger partial charge in [-0.3, -0.25) is 19.7 Å².